The van der Waals surface area contributed by atoms with Crippen molar-refractivity contribution in [2.45, 2.75) is 0 Å². The highest BCUT2D eigenvalue weighted by Crippen LogP contribution is 2.24. The Morgan fingerprint density at radius 3 is 2.64 bits per heavy atom. The minimum absolute atomic E-state index is 0.101. The molecule has 0 aliphatic carbocycles. The van der Waals surface area contributed by atoms with E-state index in [4.69, 9.17) is 4.42 Å². The molecule has 0 saturated carbocycles. The van der Waals surface area contributed by atoms with E-state index >= 15 is 0 Å². The van der Waals surface area contributed by atoms with E-state index in [9.17, 15) is 4.79 Å². The van der Waals surface area contributed by atoms with Crippen LogP contribution in [0.5, 0.6) is 0 Å². The molecule has 0 unspecified atom stereocenters. The molecular formula is C18H12N2O2. The van der Waals surface area contributed by atoms with Crippen molar-refractivity contribution in [3.63, 3.8) is 0 Å². The van der Waals surface area contributed by atoms with E-state index in [1.807, 2.05) is 54.6 Å². The van der Waals surface area contributed by atoms with Crippen LogP contribution in [-0.2, 0) is 0 Å². The van der Waals surface area contributed by atoms with Gasteiger partial charge in [0.1, 0.15) is 0 Å². The standard InChI is InChI=1S/C18H12N2O2/c21-17(14-10-19-15-9-5-4-8-13(14)15)18-20-11-16(22-18)12-6-2-1-3-7-12/h1-11,19H. The van der Waals surface area contributed by atoms with Gasteiger partial charge in [-0.1, -0.05) is 48.5 Å². The molecule has 0 aliphatic rings. The van der Waals surface area contributed by atoms with Gasteiger partial charge in [-0.3, -0.25) is 4.79 Å². The number of hydrogen-bond acceptors (Lipinski definition) is 3. The molecule has 2 aromatic heterocycles. The number of benzene rings is 2. The van der Waals surface area contributed by atoms with Crippen molar-refractivity contribution in [1.82, 2.24) is 9.97 Å². The number of oxazole rings is 1. The summed E-state index contributed by atoms with van der Waals surface area (Å²) in [5.41, 5.74) is 2.38. The average molecular weight is 288 g/mol. The molecule has 2 heterocycles. The fourth-order valence-electron chi connectivity index (χ4n) is 2.49. The molecule has 4 nitrogen and oxygen atoms in total. The second kappa shape index (κ2) is 5.00. The van der Waals surface area contributed by atoms with Crippen LogP contribution in [-0.4, -0.2) is 15.8 Å². The van der Waals surface area contributed by atoms with Crippen molar-refractivity contribution >= 4 is 16.7 Å². The molecule has 0 fully saturated rings. The largest absolute Gasteiger partial charge is 0.433 e. The fraction of sp³-hybridized carbons (Fsp3) is 0. The Labute approximate surface area is 126 Å². The summed E-state index contributed by atoms with van der Waals surface area (Å²) in [5.74, 6) is 0.465. The monoisotopic (exact) mass is 288 g/mol. The van der Waals surface area contributed by atoms with Crippen molar-refractivity contribution in [3.8, 4) is 11.3 Å². The molecule has 0 spiro atoms. The maximum Gasteiger partial charge on any atom is 0.268 e. The van der Waals surface area contributed by atoms with Crippen LogP contribution in [0, 0.1) is 0 Å². The van der Waals surface area contributed by atoms with Crippen LogP contribution in [0.15, 0.2) is 71.4 Å². The highest BCUT2D eigenvalue weighted by Gasteiger charge is 2.19. The molecule has 0 saturated heterocycles. The molecule has 22 heavy (non-hydrogen) atoms. The van der Waals surface area contributed by atoms with Gasteiger partial charge in [0.25, 0.3) is 5.89 Å². The van der Waals surface area contributed by atoms with E-state index in [1.165, 1.54) is 0 Å². The van der Waals surface area contributed by atoms with Crippen molar-refractivity contribution in [3.05, 3.63) is 78.4 Å². The predicted octanol–water partition coefficient (Wildman–Crippen LogP) is 4.05. The lowest BCUT2D eigenvalue weighted by molar-refractivity contribution is 0.100. The van der Waals surface area contributed by atoms with Crippen LogP contribution >= 0.6 is 0 Å². The molecule has 106 valence electrons. The van der Waals surface area contributed by atoms with Crippen molar-refractivity contribution in [1.29, 1.82) is 0 Å². The molecule has 0 amide bonds. The SMILES string of the molecule is O=C(c1ncc(-c2ccccc2)o1)c1c[nH]c2ccccc12. The number of para-hydroxylation sites is 1. The minimum atomic E-state index is -0.223. The zero-order chi connectivity index (χ0) is 14.9. The lowest BCUT2D eigenvalue weighted by Gasteiger charge is -1.96. The van der Waals surface area contributed by atoms with Crippen LogP contribution in [0.2, 0.25) is 0 Å². The van der Waals surface area contributed by atoms with Crippen LogP contribution < -0.4 is 0 Å². The predicted molar refractivity (Wildman–Crippen MR) is 83.7 cm³/mol. The number of rotatable bonds is 3. The van der Waals surface area contributed by atoms with Gasteiger partial charge in [-0.15, -0.1) is 0 Å². The lowest BCUT2D eigenvalue weighted by atomic mass is 10.1. The Morgan fingerprint density at radius 2 is 1.77 bits per heavy atom. The summed E-state index contributed by atoms with van der Waals surface area (Å²) in [5, 5.41) is 0.868. The second-order valence-corrected chi connectivity index (χ2v) is 4.97. The Hall–Kier alpha value is -3.14. The molecular weight excluding hydrogens is 276 g/mol. The topological polar surface area (TPSA) is 58.9 Å². The first-order valence-corrected chi connectivity index (χ1v) is 6.95. The number of nitrogens with one attached hydrogen (secondary N) is 1. The quantitative estimate of drug-likeness (QED) is 0.578. The first-order valence-electron chi connectivity index (χ1n) is 6.95. The number of aromatic amines is 1. The van der Waals surface area contributed by atoms with Gasteiger partial charge in [0, 0.05) is 22.7 Å². The molecule has 4 rings (SSSR count). The third-order valence-electron chi connectivity index (χ3n) is 3.59. The van der Waals surface area contributed by atoms with Crippen molar-refractivity contribution in [2.24, 2.45) is 0 Å². The van der Waals surface area contributed by atoms with Crippen molar-refractivity contribution < 1.29 is 9.21 Å². The average Bonchev–Trinajstić information content (AvgIpc) is 3.22. The lowest BCUT2D eigenvalue weighted by Crippen LogP contribution is -2.00. The number of carbonyl (C=O) groups excluding carboxylic acids is 1. The van der Waals surface area contributed by atoms with Gasteiger partial charge >= 0.3 is 0 Å². The summed E-state index contributed by atoms with van der Waals surface area (Å²) < 4.78 is 5.63. The van der Waals surface area contributed by atoms with Gasteiger partial charge in [-0.25, -0.2) is 4.98 Å². The normalized spacial score (nSPS) is 10.9. The van der Waals surface area contributed by atoms with E-state index < -0.39 is 0 Å². The molecule has 0 atom stereocenters. The number of hydrogen-bond donors (Lipinski definition) is 1. The number of H-pyrrole nitrogens is 1. The Morgan fingerprint density at radius 1 is 1.00 bits per heavy atom. The number of nitrogens with zero attached hydrogens (tertiary/aromatic N) is 1. The summed E-state index contributed by atoms with van der Waals surface area (Å²) in [6.45, 7) is 0. The van der Waals surface area contributed by atoms with Crippen LogP contribution in [0.1, 0.15) is 16.2 Å². The second-order valence-electron chi connectivity index (χ2n) is 4.97. The summed E-state index contributed by atoms with van der Waals surface area (Å²) in [6, 6.07) is 17.2. The Balaban J connectivity index is 1.73. The third kappa shape index (κ3) is 2.02. The highest BCUT2D eigenvalue weighted by molar-refractivity contribution is 6.14. The van der Waals surface area contributed by atoms with Gasteiger partial charge in [0.05, 0.1) is 11.8 Å². The summed E-state index contributed by atoms with van der Waals surface area (Å²) in [4.78, 5) is 19.8. The molecule has 0 radical (unpaired) electrons. The third-order valence-corrected chi connectivity index (χ3v) is 3.59. The number of aromatic nitrogens is 2. The summed E-state index contributed by atoms with van der Waals surface area (Å²) in [6.07, 6.45) is 3.27. The maximum absolute atomic E-state index is 12.6. The van der Waals surface area contributed by atoms with Gasteiger partial charge in [0.15, 0.2) is 5.76 Å². The van der Waals surface area contributed by atoms with Crippen LogP contribution in [0.25, 0.3) is 22.2 Å². The van der Waals surface area contributed by atoms with Gasteiger partial charge in [-0.05, 0) is 6.07 Å². The Bertz CT molecular complexity index is 951. The maximum atomic E-state index is 12.6. The number of carbonyl (C=O) groups is 1. The van der Waals surface area contributed by atoms with E-state index in [0.717, 1.165) is 16.5 Å². The number of fused-ring (bicyclic) bond motifs is 1. The van der Waals surface area contributed by atoms with Crippen LogP contribution in [0.4, 0.5) is 0 Å². The van der Waals surface area contributed by atoms with E-state index in [2.05, 4.69) is 9.97 Å². The van der Waals surface area contributed by atoms with Crippen LogP contribution in [0.3, 0.4) is 0 Å². The molecule has 4 heteroatoms. The molecule has 0 aliphatic heterocycles. The van der Waals surface area contributed by atoms with E-state index in [1.54, 1.807) is 12.4 Å². The first-order chi connectivity index (χ1) is 10.8. The number of ketones is 1. The zero-order valence-electron chi connectivity index (χ0n) is 11.6. The zero-order valence-corrected chi connectivity index (χ0v) is 11.6. The molecule has 2 aromatic carbocycles. The molecule has 1 N–H and O–H groups in total. The smallest absolute Gasteiger partial charge is 0.268 e. The van der Waals surface area contributed by atoms with Gasteiger partial charge < -0.3 is 9.40 Å². The van der Waals surface area contributed by atoms with Gasteiger partial charge in [0.2, 0.25) is 5.78 Å². The van der Waals surface area contributed by atoms with E-state index in [-0.39, 0.29) is 11.7 Å². The summed E-state index contributed by atoms with van der Waals surface area (Å²) in [7, 11) is 0. The molecule has 0 bridgehead atoms. The van der Waals surface area contributed by atoms with Crippen molar-refractivity contribution in [2.75, 3.05) is 0 Å². The highest BCUT2D eigenvalue weighted by atomic mass is 16.4. The summed E-state index contributed by atoms with van der Waals surface area (Å²) >= 11 is 0. The fourth-order valence-corrected chi connectivity index (χ4v) is 2.49. The van der Waals surface area contributed by atoms with E-state index in [0.29, 0.717) is 11.3 Å². The Kier molecular flexibility index (Phi) is 2.86. The minimum Gasteiger partial charge on any atom is -0.433 e. The van der Waals surface area contributed by atoms with Gasteiger partial charge in [-0.2, -0.15) is 0 Å². The first kappa shape index (κ1) is 12.6. The molecule has 4 aromatic rings.